The molecule has 3 aliphatic rings. The highest BCUT2D eigenvalue weighted by Crippen LogP contribution is 2.46. The summed E-state index contributed by atoms with van der Waals surface area (Å²) >= 11 is 5.79. The fourth-order valence-electron chi connectivity index (χ4n) is 4.43. The molecule has 1 aromatic rings. The predicted octanol–water partition coefficient (Wildman–Crippen LogP) is 3.42. The van der Waals surface area contributed by atoms with E-state index in [1.165, 1.54) is 18.1 Å². The fraction of sp³-hybridized carbons (Fsp3) is 0.579. The van der Waals surface area contributed by atoms with Gasteiger partial charge in [0.1, 0.15) is 0 Å². The maximum absolute atomic E-state index is 13.1. The van der Waals surface area contributed by atoms with Crippen LogP contribution in [-0.2, 0) is 28.8 Å². The van der Waals surface area contributed by atoms with Crippen LogP contribution in [0.15, 0.2) is 12.1 Å². The molecule has 0 aromatic heterocycles. The Balaban J connectivity index is 1.45. The SMILES string of the molecule is COC1NC(=O)N[C@@]1(CCC(=O)N1Cc2cc(Cl)c(C(F)(F)F)cc2C1)C1CC1. The molecule has 0 spiro atoms. The highest BCUT2D eigenvalue weighted by Gasteiger charge is 2.56. The Morgan fingerprint density at radius 3 is 2.55 bits per heavy atom. The van der Waals surface area contributed by atoms with Crippen LogP contribution in [0.4, 0.5) is 18.0 Å². The minimum atomic E-state index is -4.54. The lowest BCUT2D eigenvalue weighted by Gasteiger charge is -2.33. The molecule has 1 aliphatic carbocycles. The Kier molecular flexibility index (Phi) is 4.93. The predicted molar refractivity (Wildman–Crippen MR) is 97.9 cm³/mol. The van der Waals surface area contributed by atoms with Gasteiger partial charge in [0.05, 0.1) is 16.1 Å². The first-order chi connectivity index (χ1) is 13.6. The third-order valence-electron chi connectivity index (χ3n) is 6.04. The van der Waals surface area contributed by atoms with Gasteiger partial charge < -0.3 is 20.3 Å². The summed E-state index contributed by atoms with van der Waals surface area (Å²) in [7, 11) is 1.51. The topological polar surface area (TPSA) is 70.7 Å². The van der Waals surface area contributed by atoms with E-state index in [2.05, 4.69) is 10.6 Å². The van der Waals surface area contributed by atoms with Crippen LogP contribution in [0.1, 0.15) is 42.4 Å². The Bertz CT molecular complexity index is 859. The number of rotatable bonds is 5. The van der Waals surface area contributed by atoms with E-state index in [1.54, 1.807) is 0 Å². The van der Waals surface area contributed by atoms with Crippen LogP contribution in [0, 0.1) is 5.92 Å². The van der Waals surface area contributed by atoms with Crippen molar-refractivity contribution in [2.45, 2.75) is 56.7 Å². The van der Waals surface area contributed by atoms with Crippen molar-refractivity contribution in [1.82, 2.24) is 15.5 Å². The second-order valence-corrected chi connectivity index (χ2v) is 8.28. The molecule has 2 fully saturated rings. The summed E-state index contributed by atoms with van der Waals surface area (Å²) in [5, 5.41) is 5.31. The number of methoxy groups -OCH3 is 1. The number of carbonyl (C=O) groups is 2. The van der Waals surface area contributed by atoms with Crippen molar-refractivity contribution in [3.8, 4) is 0 Å². The molecule has 29 heavy (non-hydrogen) atoms. The Morgan fingerprint density at radius 1 is 1.31 bits per heavy atom. The molecule has 2 aliphatic heterocycles. The highest BCUT2D eigenvalue weighted by atomic mass is 35.5. The molecule has 2 heterocycles. The number of nitrogens with one attached hydrogen (secondary N) is 2. The molecule has 6 nitrogen and oxygen atoms in total. The van der Waals surface area contributed by atoms with Crippen LogP contribution in [-0.4, -0.2) is 35.7 Å². The minimum Gasteiger partial charge on any atom is -0.359 e. The normalized spacial score (nSPS) is 26.3. The van der Waals surface area contributed by atoms with Crippen molar-refractivity contribution in [1.29, 1.82) is 0 Å². The number of hydrogen-bond acceptors (Lipinski definition) is 3. The van der Waals surface area contributed by atoms with Crippen LogP contribution in [0.3, 0.4) is 0 Å². The van der Waals surface area contributed by atoms with Crippen LogP contribution >= 0.6 is 11.6 Å². The second-order valence-electron chi connectivity index (χ2n) is 7.88. The molecule has 158 valence electrons. The Morgan fingerprint density at radius 2 is 1.97 bits per heavy atom. The number of ether oxygens (including phenoxy) is 1. The first kappa shape index (κ1) is 20.3. The van der Waals surface area contributed by atoms with Gasteiger partial charge in [-0.15, -0.1) is 0 Å². The number of amides is 3. The second kappa shape index (κ2) is 7.05. The van der Waals surface area contributed by atoms with Gasteiger partial charge in [-0.25, -0.2) is 4.79 Å². The van der Waals surface area contributed by atoms with Gasteiger partial charge in [0.15, 0.2) is 6.23 Å². The average Bonchev–Trinajstić information content (AvgIpc) is 3.33. The lowest BCUT2D eigenvalue weighted by molar-refractivity contribution is -0.137. The van der Waals surface area contributed by atoms with E-state index in [0.717, 1.165) is 18.9 Å². The summed E-state index contributed by atoms with van der Waals surface area (Å²) in [4.78, 5) is 26.2. The number of hydrogen-bond donors (Lipinski definition) is 2. The average molecular weight is 432 g/mol. The van der Waals surface area contributed by atoms with Crippen molar-refractivity contribution >= 4 is 23.5 Å². The smallest absolute Gasteiger partial charge is 0.359 e. The zero-order valence-corrected chi connectivity index (χ0v) is 16.5. The van der Waals surface area contributed by atoms with Gasteiger partial charge in [0, 0.05) is 26.6 Å². The van der Waals surface area contributed by atoms with Crippen molar-refractivity contribution < 1.29 is 27.5 Å². The van der Waals surface area contributed by atoms with E-state index in [4.69, 9.17) is 16.3 Å². The first-order valence-corrected chi connectivity index (χ1v) is 9.79. The molecule has 0 bridgehead atoms. The Hall–Kier alpha value is -2.00. The summed E-state index contributed by atoms with van der Waals surface area (Å²) in [5.74, 6) is 0.0602. The molecule has 3 amide bonds. The van der Waals surface area contributed by atoms with E-state index in [9.17, 15) is 22.8 Å². The van der Waals surface area contributed by atoms with Crippen LogP contribution in [0.5, 0.6) is 0 Å². The van der Waals surface area contributed by atoms with Crippen LogP contribution in [0.2, 0.25) is 5.02 Å². The molecule has 1 aromatic carbocycles. The molecule has 2 atom stereocenters. The van der Waals surface area contributed by atoms with Gasteiger partial charge in [0.2, 0.25) is 5.91 Å². The minimum absolute atomic E-state index is 0.114. The van der Waals surface area contributed by atoms with Crippen molar-refractivity contribution in [2.24, 2.45) is 5.92 Å². The van der Waals surface area contributed by atoms with Gasteiger partial charge in [0.25, 0.3) is 0 Å². The number of halogens is 4. The molecule has 0 radical (unpaired) electrons. The fourth-order valence-corrected chi connectivity index (χ4v) is 4.72. The molecule has 1 saturated heterocycles. The van der Waals surface area contributed by atoms with Gasteiger partial charge in [-0.05, 0) is 48.4 Å². The Labute approximate surface area is 170 Å². The lowest BCUT2D eigenvalue weighted by atomic mass is 9.86. The molecular formula is C19H21ClF3N3O3. The number of benzene rings is 1. The van der Waals surface area contributed by atoms with Gasteiger partial charge in [-0.3, -0.25) is 4.79 Å². The van der Waals surface area contributed by atoms with Crippen LogP contribution in [0.25, 0.3) is 0 Å². The van der Waals surface area contributed by atoms with Gasteiger partial charge in [-0.2, -0.15) is 13.2 Å². The summed E-state index contributed by atoms with van der Waals surface area (Å²) in [6.45, 7) is 0.337. The summed E-state index contributed by atoms with van der Waals surface area (Å²) in [6.07, 6.45) is -2.60. The molecule has 1 saturated carbocycles. The summed E-state index contributed by atoms with van der Waals surface area (Å²) < 4.78 is 44.6. The number of carbonyl (C=O) groups excluding carboxylic acids is 2. The molecule has 10 heteroatoms. The number of nitrogens with zero attached hydrogens (tertiary/aromatic N) is 1. The molecular weight excluding hydrogens is 411 g/mol. The largest absolute Gasteiger partial charge is 0.417 e. The van der Waals surface area contributed by atoms with Gasteiger partial charge >= 0.3 is 12.2 Å². The molecule has 1 unspecified atom stereocenters. The van der Waals surface area contributed by atoms with Crippen molar-refractivity contribution in [3.63, 3.8) is 0 Å². The summed E-state index contributed by atoms with van der Waals surface area (Å²) in [5.41, 5.74) is -0.445. The van der Waals surface area contributed by atoms with E-state index in [-0.39, 0.29) is 42.4 Å². The molecule has 2 N–H and O–H groups in total. The third kappa shape index (κ3) is 3.66. The zero-order chi connectivity index (χ0) is 21.0. The van der Waals surface area contributed by atoms with E-state index in [1.807, 2.05) is 0 Å². The maximum Gasteiger partial charge on any atom is 0.417 e. The standard InChI is InChI=1S/C19H21ClF3N3O3/c1-29-16-18(12-2-3-12,25-17(28)24-16)5-4-15(27)26-8-10-6-13(19(21,22)23)14(20)7-11(10)9-26/h6-7,12,16H,2-5,8-9H2,1H3,(H2,24,25,28)/t16?,18-/m0/s1. The third-order valence-corrected chi connectivity index (χ3v) is 6.35. The van der Waals surface area contributed by atoms with Crippen molar-refractivity contribution in [3.05, 3.63) is 33.8 Å². The monoisotopic (exact) mass is 431 g/mol. The number of fused-ring (bicyclic) bond motifs is 1. The molecule has 4 rings (SSSR count). The van der Waals surface area contributed by atoms with E-state index in [0.29, 0.717) is 17.5 Å². The zero-order valence-electron chi connectivity index (χ0n) is 15.7. The number of alkyl halides is 3. The quantitative estimate of drug-likeness (QED) is 0.750. The van der Waals surface area contributed by atoms with E-state index < -0.39 is 23.5 Å². The maximum atomic E-state index is 13.1. The first-order valence-electron chi connectivity index (χ1n) is 9.42. The van der Waals surface area contributed by atoms with Gasteiger partial charge in [-0.1, -0.05) is 11.6 Å². The van der Waals surface area contributed by atoms with Crippen LogP contribution < -0.4 is 10.6 Å². The number of urea groups is 1. The highest BCUT2D eigenvalue weighted by molar-refractivity contribution is 6.31. The lowest BCUT2D eigenvalue weighted by Crippen LogP contribution is -2.53. The van der Waals surface area contributed by atoms with E-state index >= 15 is 0 Å². The van der Waals surface area contributed by atoms with Crippen molar-refractivity contribution in [2.75, 3.05) is 7.11 Å². The summed E-state index contributed by atoms with van der Waals surface area (Å²) in [6, 6.07) is 2.00.